The molecule has 0 aliphatic heterocycles. The Kier molecular flexibility index (Phi) is 7.14. The molecule has 0 spiro atoms. The van der Waals surface area contributed by atoms with Crippen LogP contribution in [0.1, 0.15) is 25.0 Å². The van der Waals surface area contributed by atoms with Gasteiger partial charge < -0.3 is 4.90 Å². The van der Waals surface area contributed by atoms with Gasteiger partial charge in [-0.15, -0.1) is 11.3 Å². The maximum atomic E-state index is 2.49. The van der Waals surface area contributed by atoms with Gasteiger partial charge in [0.25, 0.3) is 0 Å². The summed E-state index contributed by atoms with van der Waals surface area (Å²) < 4.78 is 2.60. The van der Waals surface area contributed by atoms with Gasteiger partial charge in [0.2, 0.25) is 0 Å². The maximum Gasteiger partial charge on any atom is 0.0540 e. The molecule has 1 aliphatic rings. The van der Waals surface area contributed by atoms with Crippen LogP contribution in [0.5, 0.6) is 0 Å². The zero-order valence-electron chi connectivity index (χ0n) is 30.8. The van der Waals surface area contributed by atoms with Gasteiger partial charge in [0.15, 0.2) is 0 Å². The number of nitrogens with zero attached hydrogens (tertiary/aromatic N) is 1. The lowest BCUT2D eigenvalue weighted by atomic mass is 9.79. The van der Waals surface area contributed by atoms with Gasteiger partial charge in [0, 0.05) is 42.2 Å². The summed E-state index contributed by atoms with van der Waals surface area (Å²) in [7, 11) is 0. The van der Waals surface area contributed by atoms with Crippen LogP contribution in [0.15, 0.2) is 188 Å². The van der Waals surface area contributed by atoms with E-state index in [0.717, 1.165) is 17.1 Å². The second-order valence-corrected chi connectivity index (χ2v) is 16.3. The minimum Gasteiger partial charge on any atom is -0.309 e. The van der Waals surface area contributed by atoms with Crippen molar-refractivity contribution in [3.8, 4) is 33.4 Å². The van der Waals surface area contributed by atoms with Crippen LogP contribution < -0.4 is 4.90 Å². The predicted octanol–water partition coefficient (Wildman–Crippen LogP) is 15.5. The summed E-state index contributed by atoms with van der Waals surface area (Å²) in [5.74, 6) is 0. The maximum absolute atomic E-state index is 2.49. The third-order valence-electron chi connectivity index (χ3n) is 11.8. The molecule has 0 radical (unpaired) electrons. The van der Waals surface area contributed by atoms with Gasteiger partial charge in [-0.2, -0.15) is 0 Å². The van der Waals surface area contributed by atoms with E-state index >= 15 is 0 Å². The molecule has 1 aromatic heterocycles. The highest BCUT2D eigenvalue weighted by Gasteiger charge is 2.38. The molecule has 0 unspecified atom stereocenters. The number of para-hydroxylation sites is 1. The molecule has 9 aromatic carbocycles. The Bertz CT molecular complexity index is 3130. The van der Waals surface area contributed by atoms with Crippen molar-refractivity contribution in [1.29, 1.82) is 0 Å². The predicted molar refractivity (Wildman–Crippen MR) is 237 cm³/mol. The van der Waals surface area contributed by atoms with Crippen LogP contribution in [0.25, 0.3) is 75.1 Å². The zero-order chi connectivity index (χ0) is 36.7. The Labute approximate surface area is 325 Å². The third-order valence-corrected chi connectivity index (χ3v) is 13.0. The van der Waals surface area contributed by atoms with E-state index in [1.807, 2.05) is 11.3 Å². The van der Waals surface area contributed by atoms with Gasteiger partial charge in [-0.1, -0.05) is 166 Å². The lowest BCUT2D eigenvalue weighted by molar-refractivity contribution is 0.666. The summed E-state index contributed by atoms with van der Waals surface area (Å²) in [4.78, 5) is 2.49. The molecule has 1 aliphatic carbocycles. The molecular formula is C53H37NS. The van der Waals surface area contributed by atoms with Crippen LogP contribution >= 0.6 is 11.3 Å². The molecule has 0 saturated heterocycles. The van der Waals surface area contributed by atoms with E-state index in [2.05, 4.69) is 207 Å². The molecule has 260 valence electrons. The Balaban J connectivity index is 1.20. The first-order chi connectivity index (χ1) is 27.1. The molecule has 11 rings (SSSR count). The number of benzene rings is 9. The number of hydrogen-bond donors (Lipinski definition) is 0. The second-order valence-electron chi connectivity index (χ2n) is 15.2. The minimum absolute atomic E-state index is 0.125. The standard InChI is InChI=1S/C53H37NS/c1-53(2)46-25-13-10-24-44(46)51-45(32-35-18-6-7-20-38(35)52(51)53)40-30-31-48(41-22-9-8-21-39(40)41)54(47-26-14-11-19-37(47)34-16-4-3-5-17-34)36-28-29-43-42-23-12-15-27-49(42)55-50(43)33-36/h3-33H,1-2H3. The molecule has 1 heterocycles. The first-order valence-electron chi connectivity index (χ1n) is 19.1. The van der Waals surface area contributed by atoms with E-state index in [1.54, 1.807) is 0 Å². The molecule has 0 bridgehead atoms. The van der Waals surface area contributed by atoms with Crippen molar-refractivity contribution < 1.29 is 0 Å². The van der Waals surface area contributed by atoms with Crippen molar-refractivity contribution in [2.45, 2.75) is 19.3 Å². The molecule has 1 nitrogen and oxygen atoms in total. The molecule has 0 atom stereocenters. The molecule has 0 N–H and O–H groups in total. The lowest BCUT2D eigenvalue weighted by Crippen LogP contribution is -2.15. The molecule has 10 aromatic rings. The Morgan fingerprint density at radius 3 is 1.93 bits per heavy atom. The number of fused-ring (bicyclic) bond motifs is 9. The van der Waals surface area contributed by atoms with Crippen molar-refractivity contribution in [2.75, 3.05) is 4.90 Å². The topological polar surface area (TPSA) is 3.24 Å². The Morgan fingerprint density at radius 2 is 1.07 bits per heavy atom. The average Bonchev–Trinajstić information content (AvgIpc) is 3.73. The Hall–Kier alpha value is -6.48. The number of hydrogen-bond acceptors (Lipinski definition) is 2. The summed E-state index contributed by atoms with van der Waals surface area (Å²) in [6.45, 7) is 4.79. The quantitative estimate of drug-likeness (QED) is 0.171. The van der Waals surface area contributed by atoms with Crippen molar-refractivity contribution >= 4 is 70.1 Å². The monoisotopic (exact) mass is 719 g/mol. The zero-order valence-corrected chi connectivity index (χ0v) is 31.6. The fourth-order valence-corrected chi connectivity index (χ4v) is 10.5. The minimum atomic E-state index is -0.125. The fourth-order valence-electron chi connectivity index (χ4n) is 9.37. The van der Waals surface area contributed by atoms with Crippen molar-refractivity contribution in [3.05, 3.63) is 199 Å². The SMILES string of the molecule is CC1(C)c2ccccc2-c2c(-c3ccc(N(c4ccc5c(c4)sc4ccccc45)c4ccccc4-c4ccccc4)c4ccccc34)cc3ccccc3c21. The van der Waals surface area contributed by atoms with E-state index < -0.39 is 0 Å². The van der Waals surface area contributed by atoms with Gasteiger partial charge in [-0.05, 0) is 91.5 Å². The number of anilines is 3. The van der Waals surface area contributed by atoms with Gasteiger partial charge in [0.05, 0.1) is 11.4 Å². The van der Waals surface area contributed by atoms with E-state index in [0.29, 0.717) is 0 Å². The van der Waals surface area contributed by atoms with Crippen LogP contribution in [-0.4, -0.2) is 0 Å². The largest absolute Gasteiger partial charge is 0.309 e. The van der Waals surface area contributed by atoms with Crippen molar-refractivity contribution in [2.24, 2.45) is 0 Å². The molecule has 2 heteroatoms. The summed E-state index contributed by atoms with van der Waals surface area (Å²) in [6.07, 6.45) is 0. The van der Waals surface area contributed by atoms with Crippen LogP contribution in [0.3, 0.4) is 0 Å². The number of rotatable bonds is 5. The van der Waals surface area contributed by atoms with Crippen LogP contribution in [-0.2, 0) is 5.41 Å². The highest BCUT2D eigenvalue weighted by atomic mass is 32.1. The highest BCUT2D eigenvalue weighted by molar-refractivity contribution is 7.25. The highest BCUT2D eigenvalue weighted by Crippen LogP contribution is 2.56. The van der Waals surface area contributed by atoms with E-state index in [1.165, 1.54) is 86.2 Å². The first kappa shape index (κ1) is 32.0. The first-order valence-corrected chi connectivity index (χ1v) is 19.9. The van der Waals surface area contributed by atoms with Crippen LogP contribution in [0.2, 0.25) is 0 Å². The summed E-state index contributed by atoms with van der Waals surface area (Å²) in [6, 6.07) is 69.6. The van der Waals surface area contributed by atoms with E-state index in [9.17, 15) is 0 Å². The van der Waals surface area contributed by atoms with Crippen LogP contribution in [0.4, 0.5) is 17.1 Å². The van der Waals surface area contributed by atoms with E-state index in [-0.39, 0.29) is 5.41 Å². The number of thiophene rings is 1. The molecule has 0 amide bonds. The fraction of sp³-hybridized carbons (Fsp3) is 0.0566. The lowest BCUT2D eigenvalue weighted by Gasteiger charge is -2.30. The summed E-state index contributed by atoms with van der Waals surface area (Å²) in [5.41, 5.74) is 13.8. The van der Waals surface area contributed by atoms with Gasteiger partial charge in [-0.3, -0.25) is 0 Å². The second kappa shape index (κ2) is 12.3. The average molecular weight is 720 g/mol. The van der Waals surface area contributed by atoms with Gasteiger partial charge >= 0.3 is 0 Å². The summed E-state index contributed by atoms with van der Waals surface area (Å²) >= 11 is 1.87. The molecular weight excluding hydrogens is 683 g/mol. The smallest absolute Gasteiger partial charge is 0.0540 e. The molecule has 0 saturated carbocycles. The van der Waals surface area contributed by atoms with Crippen LogP contribution in [0, 0.1) is 0 Å². The molecule has 0 fully saturated rings. The molecule has 55 heavy (non-hydrogen) atoms. The third kappa shape index (κ3) is 4.85. The Morgan fingerprint density at radius 1 is 0.418 bits per heavy atom. The van der Waals surface area contributed by atoms with Crippen molar-refractivity contribution in [3.63, 3.8) is 0 Å². The summed E-state index contributed by atoms with van der Waals surface area (Å²) in [5, 5.41) is 7.68. The van der Waals surface area contributed by atoms with Gasteiger partial charge in [-0.25, -0.2) is 0 Å². The van der Waals surface area contributed by atoms with Crippen molar-refractivity contribution in [1.82, 2.24) is 0 Å². The van der Waals surface area contributed by atoms with Gasteiger partial charge in [0.1, 0.15) is 0 Å². The normalized spacial score (nSPS) is 13.1. The van der Waals surface area contributed by atoms with E-state index in [4.69, 9.17) is 0 Å².